The van der Waals surface area contributed by atoms with Crippen molar-refractivity contribution in [3.05, 3.63) is 40.3 Å². The lowest BCUT2D eigenvalue weighted by Gasteiger charge is -2.44. The van der Waals surface area contributed by atoms with E-state index in [2.05, 4.69) is 15.3 Å². The lowest BCUT2D eigenvalue weighted by atomic mass is 9.78. The number of aromatic nitrogens is 2. The molecule has 1 saturated heterocycles. The highest BCUT2D eigenvalue weighted by atomic mass is 16.2. The Morgan fingerprint density at radius 3 is 2.69 bits per heavy atom. The van der Waals surface area contributed by atoms with Crippen LogP contribution >= 0.6 is 0 Å². The number of nitrogens with zero attached hydrogens (tertiary/aromatic N) is 3. The molecule has 1 amide bonds. The summed E-state index contributed by atoms with van der Waals surface area (Å²) in [7, 11) is 1.59. The van der Waals surface area contributed by atoms with Gasteiger partial charge in [-0.3, -0.25) is 14.5 Å². The monoisotopic (exact) mass is 354 g/mol. The van der Waals surface area contributed by atoms with Crippen LogP contribution in [0.2, 0.25) is 0 Å². The average Bonchev–Trinajstić information content (AvgIpc) is 2.70. The number of nitrogens with one attached hydrogen (secondary N) is 1. The fourth-order valence-corrected chi connectivity index (χ4v) is 4.69. The van der Waals surface area contributed by atoms with Gasteiger partial charge in [0.05, 0.1) is 12.1 Å². The number of amides is 1. The second-order valence-corrected chi connectivity index (χ2v) is 7.49. The van der Waals surface area contributed by atoms with Crippen molar-refractivity contribution in [2.24, 2.45) is 5.92 Å². The molecule has 138 valence electrons. The summed E-state index contributed by atoms with van der Waals surface area (Å²) in [5.41, 5.74) is 0.200. The maximum atomic E-state index is 13.0. The molecule has 0 radical (unpaired) electrons. The van der Waals surface area contributed by atoms with Gasteiger partial charge >= 0.3 is 0 Å². The fraction of sp³-hybridized carbons (Fsp3) is 0.550. The Labute approximate surface area is 153 Å². The van der Waals surface area contributed by atoms with Crippen LogP contribution in [0.25, 0.3) is 10.8 Å². The molecular weight excluding hydrogens is 328 g/mol. The topological polar surface area (TPSA) is 67.2 Å². The van der Waals surface area contributed by atoms with Crippen LogP contribution in [-0.2, 0) is 6.67 Å². The third-order valence-corrected chi connectivity index (χ3v) is 5.98. The molecule has 2 aromatic rings. The molecule has 0 bridgehead atoms. The van der Waals surface area contributed by atoms with Crippen molar-refractivity contribution in [1.82, 2.24) is 20.0 Å². The Balaban J connectivity index is 1.73. The number of benzene rings is 1. The maximum absolute atomic E-state index is 13.0. The molecule has 0 unspecified atom stereocenters. The van der Waals surface area contributed by atoms with Gasteiger partial charge in [-0.25, -0.2) is 4.68 Å². The van der Waals surface area contributed by atoms with Crippen molar-refractivity contribution >= 4 is 16.7 Å². The zero-order valence-corrected chi connectivity index (χ0v) is 15.3. The summed E-state index contributed by atoms with van der Waals surface area (Å²) >= 11 is 0. The van der Waals surface area contributed by atoms with Crippen LogP contribution in [0.1, 0.15) is 49.0 Å². The van der Waals surface area contributed by atoms with E-state index in [0.717, 1.165) is 12.5 Å². The van der Waals surface area contributed by atoms with E-state index in [1.807, 2.05) is 12.1 Å². The molecule has 6 nitrogen and oxygen atoms in total. The van der Waals surface area contributed by atoms with Gasteiger partial charge in [0.2, 0.25) is 0 Å². The van der Waals surface area contributed by atoms with Crippen LogP contribution in [-0.4, -0.2) is 40.2 Å². The molecule has 1 saturated carbocycles. The zero-order chi connectivity index (χ0) is 18.1. The standard InChI is InChI=1S/C20H26N4O2/c1-21-19(25)18-15-9-3-4-10-16(15)20(26)24(22-18)13-23-12-6-8-14-7-2-5-11-17(14)23/h3-4,9-10,14,17H,2,5-8,11-13H2,1H3,(H,21,25)/t14-,17+/m1/s1. The molecule has 2 atom stereocenters. The van der Waals surface area contributed by atoms with E-state index < -0.39 is 0 Å². The van der Waals surface area contributed by atoms with E-state index in [1.54, 1.807) is 19.2 Å². The first-order valence-corrected chi connectivity index (χ1v) is 9.65. The highest BCUT2D eigenvalue weighted by molar-refractivity contribution is 6.04. The van der Waals surface area contributed by atoms with Crippen molar-refractivity contribution < 1.29 is 4.79 Å². The molecule has 1 aromatic carbocycles. The first-order valence-electron chi connectivity index (χ1n) is 9.65. The molecule has 0 spiro atoms. The van der Waals surface area contributed by atoms with E-state index in [-0.39, 0.29) is 11.5 Å². The first kappa shape index (κ1) is 17.2. The van der Waals surface area contributed by atoms with E-state index in [1.165, 1.54) is 43.2 Å². The second kappa shape index (κ2) is 7.19. The van der Waals surface area contributed by atoms with Gasteiger partial charge in [0.1, 0.15) is 0 Å². The van der Waals surface area contributed by atoms with Crippen molar-refractivity contribution in [3.8, 4) is 0 Å². The molecule has 26 heavy (non-hydrogen) atoms. The molecule has 1 aromatic heterocycles. The highest BCUT2D eigenvalue weighted by Gasteiger charge is 2.33. The molecule has 1 N–H and O–H groups in total. The molecular formula is C20H26N4O2. The number of likely N-dealkylation sites (tertiary alicyclic amines) is 1. The predicted octanol–water partition coefficient (Wildman–Crippen LogP) is 2.37. The summed E-state index contributed by atoms with van der Waals surface area (Å²) in [6.45, 7) is 1.46. The van der Waals surface area contributed by atoms with E-state index in [0.29, 0.717) is 29.2 Å². The minimum atomic E-state index is -0.260. The molecule has 2 heterocycles. The van der Waals surface area contributed by atoms with Gasteiger partial charge in [-0.2, -0.15) is 5.10 Å². The van der Waals surface area contributed by atoms with Crippen LogP contribution in [0.15, 0.2) is 29.1 Å². The van der Waals surface area contributed by atoms with Crippen LogP contribution < -0.4 is 10.9 Å². The number of hydrogen-bond acceptors (Lipinski definition) is 4. The number of carbonyl (C=O) groups excluding carboxylic acids is 1. The van der Waals surface area contributed by atoms with Crippen LogP contribution in [0.4, 0.5) is 0 Å². The molecule has 1 aliphatic heterocycles. The number of piperidine rings is 1. The van der Waals surface area contributed by atoms with E-state index in [4.69, 9.17) is 0 Å². The molecule has 2 aliphatic rings. The normalized spacial score (nSPS) is 23.6. The van der Waals surface area contributed by atoms with Gasteiger partial charge in [0, 0.05) is 25.0 Å². The molecule has 2 fully saturated rings. The lowest BCUT2D eigenvalue weighted by molar-refractivity contribution is 0.0314. The van der Waals surface area contributed by atoms with Gasteiger partial charge in [-0.15, -0.1) is 0 Å². The minimum absolute atomic E-state index is 0.119. The number of carbonyl (C=O) groups is 1. The number of fused-ring (bicyclic) bond motifs is 2. The summed E-state index contributed by atoms with van der Waals surface area (Å²) in [6, 6.07) is 7.77. The smallest absolute Gasteiger partial charge is 0.275 e. The molecule has 6 heteroatoms. The largest absolute Gasteiger partial charge is 0.354 e. The Morgan fingerprint density at radius 1 is 1.15 bits per heavy atom. The van der Waals surface area contributed by atoms with Crippen LogP contribution in [0.3, 0.4) is 0 Å². The van der Waals surface area contributed by atoms with Crippen molar-refractivity contribution in [2.75, 3.05) is 13.6 Å². The van der Waals surface area contributed by atoms with E-state index >= 15 is 0 Å². The van der Waals surface area contributed by atoms with Crippen molar-refractivity contribution in [1.29, 1.82) is 0 Å². The lowest BCUT2D eigenvalue weighted by Crippen LogP contribution is -2.49. The highest BCUT2D eigenvalue weighted by Crippen LogP contribution is 2.35. The third-order valence-electron chi connectivity index (χ3n) is 5.98. The number of hydrogen-bond donors (Lipinski definition) is 1. The maximum Gasteiger partial charge on any atom is 0.275 e. The van der Waals surface area contributed by atoms with Gasteiger partial charge < -0.3 is 5.32 Å². The average molecular weight is 354 g/mol. The fourth-order valence-electron chi connectivity index (χ4n) is 4.69. The second-order valence-electron chi connectivity index (χ2n) is 7.49. The quantitative estimate of drug-likeness (QED) is 0.919. The summed E-state index contributed by atoms with van der Waals surface area (Å²) < 4.78 is 1.49. The van der Waals surface area contributed by atoms with Gasteiger partial charge in [0.15, 0.2) is 5.69 Å². The summed E-state index contributed by atoms with van der Waals surface area (Å²) in [4.78, 5) is 27.7. The minimum Gasteiger partial charge on any atom is -0.354 e. The molecule has 1 aliphatic carbocycles. The zero-order valence-electron chi connectivity index (χ0n) is 15.3. The van der Waals surface area contributed by atoms with Gasteiger partial charge in [-0.1, -0.05) is 31.0 Å². The summed E-state index contributed by atoms with van der Waals surface area (Å²) in [5.74, 6) is 0.483. The van der Waals surface area contributed by atoms with Crippen molar-refractivity contribution in [3.63, 3.8) is 0 Å². The van der Waals surface area contributed by atoms with E-state index in [9.17, 15) is 9.59 Å². The van der Waals surface area contributed by atoms with Crippen LogP contribution in [0, 0.1) is 5.92 Å². The van der Waals surface area contributed by atoms with Gasteiger partial charge in [0.25, 0.3) is 11.5 Å². The van der Waals surface area contributed by atoms with Crippen molar-refractivity contribution in [2.45, 2.75) is 51.2 Å². The Morgan fingerprint density at radius 2 is 1.88 bits per heavy atom. The SMILES string of the molecule is CNC(=O)c1nn(CN2CCC[C@H]3CCCC[C@@H]32)c(=O)c2ccccc12. The third kappa shape index (κ3) is 3.03. The Hall–Kier alpha value is -2.21. The molecule has 4 rings (SSSR count). The summed E-state index contributed by atoms with van der Waals surface area (Å²) in [6.07, 6.45) is 7.56. The Kier molecular flexibility index (Phi) is 4.76. The van der Waals surface area contributed by atoms with Gasteiger partial charge in [-0.05, 0) is 37.7 Å². The first-order chi connectivity index (χ1) is 12.7. The summed E-state index contributed by atoms with van der Waals surface area (Å²) in [5, 5.41) is 8.26. The van der Waals surface area contributed by atoms with Crippen LogP contribution in [0.5, 0.6) is 0 Å². The predicted molar refractivity (Wildman–Crippen MR) is 101 cm³/mol. The Bertz CT molecular complexity index is 874. The number of rotatable bonds is 3.